The number of benzene rings is 7. The van der Waals surface area contributed by atoms with E-state index in [1.807, 2.05) is 84.9 Å². The van der Waals surface area contributed by atoms with Gasteiger partial charge in [-0.3, -0.25) is 0 Å². The van der Waals surface area contributed by atoms with Crippen LogP contribution in [-0.2, 0) is 0 Å². The molecule has 0 bridgehead atoms. The van der Waals surface area contributed by atoms with Gasteiger partial charge in [-0.15, -0.1) is 22.7 Å². The molecule has 14 heteroatoms. The molecule has 2 aromatic heterocycles. The van der Waals surface area contributed by atoms with Crippen LogP contribution in [0.25, 0.3) is 42.4 Å². The lowest BCUT2D eigenvalue weighted by Gasteiger charge is -2.25. The first-order chi connectivity index (χ1) is 32.5. The molecular formula is C54H34BF10NS2. The minimum atomic E-state index is -2.28. The van der Waals surface area contributed by atoms with Crippen LogP contribution in [0.3, 0.4) is 0 Å². The van der Waals surface area contributed by atoms with Gasteiger partial charge in [-0.05, 0) is 104 Å². The third-order valence-electron chi connectivity index (χ3n) is 12.0. The van der Waals surface area contributed by atoms with Gasteiger partial charge in [0.15, 0.2) is 46.5 Å². The van der Waals surface area contributed by atoms with Crippen molar-refractivity contribution in [1.82, 2.24) is 0 Å². The van der Waals surface area contributed by atoms with Crippen LogP contribution in [0.15, 0.2) is 133 Å². The fourth-order valence-corrected chi connectivity index (χ4v) is 11.2. The van der Waals surface area contributed by atoms with Gasteiger partial charge in [0.2, 0.25) is 11.6 Å². The highest BCUT2D eigenvalue weighted by Gasteiger charge is 2.34. The maximum atomic E-state index is 15.2. The smallest absolute Gasteiger partial charge is 0.255 e. The SMILES string of the molecule is Cc1cc(-c2c(F)c(F)c(F)c(F)c2F)cc(C)c1B(c1ccc(-c2ccc(-c3ccc(N(c4ccccc4)c4ccccc4)cc3)s2)s1)c1c(C)cc(-c2c(F)c(F)c(F)c(F)c2F)cc1C. The maximum absolute atomic E-state index is 15.2. The molecule has 0 aliphatic heterocycles. The molecule has 340 valence electrons. The van der Waals surface area contributed by atoms with Crippen LogP contribution < -0.4 is 20.6 Å². The van der Waals surface area contributed by atoms with E-state index in [1.165, 1.54) is 35.6 Å². The van der Waals surface area contributed by atoms with Crippen LogP contribution >= 0.6 is 22.7 Å². The van der Waals surface area contributed by atoms with Gasteiger partial charge in [-0.1, -0.05) is 112 Å². The number of halogens is 10. The molecule has 1 nitrogen and oxygen atoms in total. The summed E-state index contributed by atoms with van der Waals surface area (Å²) in [7, 11) is 0. The molecule has 9 aromatic rings. The predicted octanol–water partition coefficient (Wildman–Crippen LogP) is 15.1. The van der Waals surface area contributed by atoms with Crippen LogP contribution in [0, 0.1) is 85.9 Å². The standard InChI is InChI=1S/C54H34BF10NS2/c1-27-23-32(41-45(56)49(60)53(64)50(61)46(41)57)24-28(2)43(27)55(44-29(3)25-33(26-30(44)4)42-47(58)51(62)54(65)52(63)48(42)59)40-22-21-39(68-40)38-20-19-37(67-38)31-15-17-36(18-16-31)66(34-11-7-5-8-12-34)35-13-9-6-10-14-35/h5-26H,1-4H3. The van der Waals surface area contributed by atoms with Crippen molar-refractivity contribution in [3.63, 3.8) is 0 Å². The molecule has 0 saturated heterocycles. The fraction of sp³-hybridized carbons (Fsp3) is 0.0741. The van der Waals surface area contributed by atoms with Crippen LogP contribution in [0.5, 0.6) is 0 Å². The molecule has 0 amide bonds. The lowest BCUT2D eigenvalue weighted by Crippen LogP contribution is -2.54. The number of hydrogen-bond acceptors (Lipinski definition) is 3. The minimum absolute atomic E-state index is 0.260. The third kappa shape index (κ3) is 8.08. The van der Waals surface area contributed by atoms with E-state index in [-0.39, 0.29) is 11.1 Å². The first-order valence-corrected chi connectivity index (χ1v) is 22.6. The van der Waals surface area contributed by atoms with E-state index >= 15 is 17.6 Å². The van der Waals surface area contributed by atoms with Crippen molar-refractivity contribution in [3.8, 4) is 42.4 Å². The highest BCUT2D eigenvalue weighted by molar-refractivity contribution is 7.31. The number of aryl methyl sites for hydroxylation is 4. The summed E-state index contributed by atoms with van der Waals surface area (Å²) in [6, 6.07) is 41.5. The van der Waals surface area contributed by atoms with Crippen molar-refractivity contribution in [2.45, 2.75) is 27.7 Å². The van der Waals surface area contributed by atoms with Gasteiger partial charge in [-0.25, -0.2) is 43.9 Å². The zero-order valence-electron chi connectivity index (χ0n) is 36.3. The average molecular weight is 962 g/mol. The third-order valence-corrected chi connectivity index (χ3v) is 14.4. The Bertz CT molecular complexity index is 3140. The number of anilines is 3. The Morgan fingerprint density at radius 2 is 0.676 bits per heavy atom. The van der Waals surface area contributed by atoms with Crippen molar-refractivity contribution in [2.75, 3.05) is 4.90 Å². The second-order valence-corrected chi connectivity index (χ2v) is 18.5. The average Bonchev–Trinajstić information content (AvgIpc) is 4.03. The maximum Gasteiger partial charge on any atom is 0.255 e. The first-order valence-electron chi connectivity index (χ1n) is 21.0. The highest BCUT2D eigenvalue weighted by atomic mass is 32.1. The van der Waals surface area contributed by atoms with Crippen molar-refractivity contribution in [2.24, 2.45) is 0 Å². The van der Waals surface area contributed by atoms with E-state index in [2.05, 4.69) is 29.2 Å². The Morgan fingerprint density at radius 3 is 1.09 bits per heavy atom. The second-order valence-electron chi connectivity index (χ2n) is 16.3. The number of rotatable bonds is 10. The molecule has 0 N–H and O–H groups in total. The van der Waals surface area contributed by atoms with E-state index < -0.39 is 76.0 Å². The monoisotopic (exact) mass is 961 g/mol. The van der Waals surface area contributed by atoms with E-state index in [4.69, 9.17) is 0 Å². The van der Waals surface area contributed by atoms with E-state index in [0.717, 1.165) is 42.0 Å². The summed E-state index contributed by atoms with van der Waals surface area (Å²) >= 11 is 3.00. The van der Waals surface area contributed by atoms with Gasteiger partial charge in [0.05, 0.1) is 11.1 Å². The molecule has 0 aliphatic rings. The van der Waals surface area contributed by atoms with Gasteiger partial charge >= 0.3 is 0 Å². The highest BCUT2D eigenvalue weighted by Crippen LogP contribution is 2.40. The first kappa shape index (κ1) is 46.2. The Labute approximate surface area is 393 Å². The van der Waals surface area contributed by atoms with Crippen molar-refractivity contribution < 1.29 is 43.9 Å². The Morgan fingerprint density at radius 1 is 0.338 bits per heavy atom. The largest absolute Gasteiger partial charge is 0.311 e. The van der Waals surface area contributed by atoms with Gasteiger partial charge < -0.3 is 4.90 Å². The van der Waals surface area contributed by atoms with Crippen molar-refractivity contribution in [3.05, 3.63) is 214 Å². The summed E-state index contributed by atoms with van der Waals surface area (Å²) in [5, 5.41) is 0. The molecule has 7 aromatic carbocycles. The van der Waals surface area contributed by atoms with Crippen molar-refractivity contribution >= 4 is 62.2 Å². The Kier molecular flexibility index (Phi) is 12.4. The van der Waals surface area contributed by atoms with Gasteiger partial charge in [0.1, 0.15) is 0 Å². The van der Waals surface area contributed by atoms with E-state index in [9.17, 15) is 26.3 Å². The normalized spacial score (nSPS) is 11.4. The topological polar surface area (TPSA) is 3.24 Å². The molecular weight excluding hydrogens is 928 g/mol. The van der Waals surface area contributed by atoms with E-state index in [1.54, 1.807) is 39.0 Å². The number of nitrogens with zero attached hydrogens (tertiary/aromatic N) is 1. The quantitative estimate of drug-likeness (QED) is 0.0571. The van der Waals surface area contributed by atoms with Crippen LogP contribution in [0.2, 0.25) is 0 Å². The molecule has 2 heterocycles. The fourth-order valence-electron chi connectivity index (χ4n) is 8.94. The zero-order chi connectivity index (χ0) is 48.3. The molecule has 0 saturated carbocycles. The predicted molar refractivity (Wildman–Crippen MR) is 255 cm³/mol. The Hall–Kier alpha value is -6.90. The molecule has 68 heavy (non-hydrogen) atoms. The van der Waals surface area contributed by atoms with Gasteiger partial charge in [0.25, 0.3) is 6.71 Å². The lowest BCUT2D eigenvalue weighted by molar-refractivity contribution is 0.381. The van der Waals surface area contributed by atoms with Crippen molar-refractivity contribution in [1.29, 1.82) is 0 Å². The van der Waals surface area contributed by atoms with Gasteiger partial charge in [0, 0.05) is 31.7 Å². The minimum Gasteiger partial charge on any atom is -0.311 e. The lowest BCUT2D eigenvalue weighted by atomic mass is 9.37. The summed E-state index contributed by atoms with van der Waals surface area (Å²) in [4.78, 5) is 4.97. The molecule has 0 spiro atoms. The molecule has 0 aliphatic carbocycles. The molecule has 9 rings (SSSR count). The zero-order valence-corrected chi connectivity index (χ0v) is 38.0. The summed E-state index contributed by atoms with van der Waals surface area (Å²) < 4.78 is 147. The van der Waals surface area contributed by atoms with Crippen LogP contribution in [0.1, 0.15) is 22.3 Å². The van der Waals surface area contributed by atoms with Gasteiger partial charge in [-0.2, -0.15) is 0 Å². The Balaban J connectivity index is 1.13. The van der Waals surface area contributed by atoms with E-state index in [0.29, 0.717) is 33.2 Å². The number of hydrogen-bond donors (Lipinski definition) is 0. The molecule has 0 radical (unpaired) electrons. The number of thiophene rings is 2. The summed E-state index contributed by atoms with van der Waals surface area (Å²) in [6.07, 6.45) is 0. The summed E-state index contributed by atoms with van der Waals surface area (Å²) in [5.74, 6) is -20.9. The number of para-hydroxylation sites is 2. The molecule has 0 fully saturated rings. The summed E-state index contributed by atoms with van der Waals surface area (Å²) in [5.41, 5.74) is 4.06. The molecule has 0 atom stereocenters. The van der Waals surface area contributed by atoms with Crippen LogP contribution in [-0.4, -0.2) is 6.71 Å². The second kappa shape index (κ2) is 18.3. The molecule has 0 unspecified atom stereocenters. The summed E-state index contributed by atoms with van der Waals surface area (Å²) in [6.45, 7) is 5.80. The van der Waals surface area contributed by atoms with Crippen LogP contribution in [0.4, 0.5) is 61.0 Å².